The van der Waals surface area contributed by atoms with E-state index in [1.165, 1.54) is 44.9 Å². The summed E-state index contributed by atoms with van der Waals surface area (Å²) in [6.45, 7) is 12.0. The molecule has 9 atom stereocenters. The lowest BCUT2D eigenvalue weighted by Gasteiger charge is -2.63. The molecule has 0 aromatic rings. The molecule has 0 saturated heterocycles. The van der Waals surface area contributed by atoms with Crippen LogP contribution in [0.2, 0.25) is 0 Å². The minimum absolute atomic E-state index is 0.0231. The molecule has 0 aromatic heterocycles. The molecule has 0 amide bonds. The summed E-state index contributed by atoms with van der Waals surface area (Å²) in [4.78, 5) is 13.5. The van der Waals surface area contributed by atoms with Crippen LogP contribution in [0, 0.1) is 46.3 Å². The van der Waals surface area contributed by atoms with E-state index in [9.17, 15) is 9.90 Å². The van der Waals surface area contributed by atoms with Crippen molar-refractivity contribution < 1.29 is 14.6 Å². The van der Waals surface area contributed by atoms with Gasteiger partial charge in [0, 0.05) is 25.4 Å². The number of methoxy groups -OCH3 is 1. The molecule has 0 bridgehead atoms. The van der Waals surface area contributed by atoms with Gasteiger partial charge in [0.25, 0.3) is 0 Å². The van der Waals surface area contributed by atoms with Crippen LogP contribution in [0.3, 0.4) is 0 Å². The Labute approximate surface area is 191 Å². The van der Waals surface area contributed by atoms with Gasteiger partial charge in [0.1, 0.15) is 5.60 Å². The largest absolute Gasteiger partial charge is 0.381 e. The highest BCUT2D eigenvalue weighted by molar-refractivity contribution is 5.89. The van der Waals surface area contributed by atoms with Gasteiger partial charge in [0.2, 0.25) is 0 Å². The quantitative estimate of drug-likeness (QED) is 0.527. The van der Waals surface area contributed by atoms with Crippen molar-refractivity contribution in [2.45, 2.75) is 117 Å². The average Bonchev–Trinajstić information content (AvgIpc) is 3.06. The van der Waals surface area contributed by atoms with Crippen molar-refractivity contribution in [3.8, 4) is 0 Å². The summed E-state index contributed by atoms with van der Waals surface area (Å²) in [6.07, 6.45) is 12.2. The van der Waals surface area contributed by atoms with Gasteiger partial charge in [0.15, 0.2) is 5.78 Å². The lowest BCUT2D eigenvalue weighted by Crippen LogP contribution is -2.67. The molecular formula is C28H48O3. The van der Waals surface area contributed by atoms with E-state index in [1.54, 1.807) is 7.11 Å². The lowest BCUT2D eigenvalue weighted by atomic mass is 9.42. The maximum absolute atomic E-state index is 13.5. The fraction of sp³-hybridized carbons (Fsp3) is 0.964. The molecule has 0 spiro atoms. The van der Waals surface area contributed by atoms with Crippen LogP contribution in [0.4, 0.5) is 0 Å². The van der Waals surface area contributed by atoms with Gasteiger partial charge >= 0.3 is 0 Å². The Kier molecular flexibility index (Phi) is 6.45. The molecule has 4 rings (SSSR count). The van der Waals surface area contributed by atoms with Gasteiger partial charge in [-0.05, 0) is 79.4 Å². The summed E-state index contributed by atoms with van der Waals surface area (Å²) in [5, 5.41) is 11.7. The molecular weight excluding hydrogens is 384 g/mol. The molecule has 3 heteroatoms. The van der Waals surface area contributed by atoms with Crippen LogP contribution in [-0.2, 0) is 9.53 Å². The summed E-state index contributed by atoms with van der Waals surface area (Å²) < 4.78 is 5.60. The minimum atomic E-state index is -1.18. The van der Waals surface area contributed by atoms with Gasteiger partial charge in [-0.25, -0.2) is 0 Å². The monoisotopic (exact) mass is 432 g/mol. The number of ketones is 1. The number of rotatable bonds is 6. The number of ether oxygens (including phenoxy) is 1. The number of hydrogen-bond acceptors (Lipinski definition) is 3. The Bertz CT molecular complexity index is 673. The highest BCUT2D eigenvalue weighted by atomic mass is 16.5. The third-order valence-corrected chi connectivity index (χ3v) is 11.1. The third-order valence-electron chi connectivity index (χ3n) is 11.1. The molecule has 4 fully saturated rings. The summed E-state index contributed by atoms with van der Waals surface area (Å²) in [5.41, 5.74) is -1.07. The van der Waals surface area contributed by atoms with Crippen molar-refractivity contribution in [2.24, 2.45) is 46.3 Å². The standard InChI is InChI=1S/C28H48O3/c1-18(2)8-7-9-19(3)22-10-11-23-21-16-25(29)28(30)17-20(31-6)12-15-27(28,5)24(21)13-14-26(22,23)4/h18-24,30H,7-17H2,1-6H3/t19-,20+,21+,22+,23+,24+,26+,27+,28-/m0/s1. The summed E-state index contributed by atoms with van der Waals surface area (Å²) in [5.74, 6) is 4.14. The number of fused-ring (bicyclic) bond motifs is 5. The zero-order valence-corrected chi connectivity index (χ0v) is 21.1. The molecule has 4 aliphatic rings. The van der Waals surface area contributed by atoms with E-state index in [0.717, 1.165) is 30.6 Å². The van der Waals surface area contributed by atoms with Crippen LogP contribution >= 0.6 is 0 Å². The maximum Gasteiger partial charge on any atom is 0.165 e. The molecule has 4 aliphatic carbocycles. The smallest absolute Gasteiger partial charge is 0.165 e. The van der Waals surface area contributed by atoms with Crippen LogP contribution in [0.25, 0.3) is 0 Å². The molecule has 1 N–H and O–H groups in total. The fourth-order valence-electron chi connectivity index (χ4n) is 9.23. The highest BCUT2D eigenvalue weighted by Crippen LogP contribution is 2.68. The predicted octanol–water partition coefficient (Wildman–Crippen LogP) is 6.42. The van der Waals surface area contributed by atoms with Crippen molar-refractivity contribution in [3.05, 3.63) is 0 Å². The van der Waals surface area contributed by atoms with Gasteiger partial charge in [-0.15, -0.1) is 0 Å². The third kappa shape index (κ3) is 3.65. The Morgan fingerprint density at radius 2 is 1.77 bits per heavy atom. The second kappa shape index (κ2) is 8.42. The number of carbonyl (C=O) groups is 1. The molecule has 4 saturated carbocycles. The van der Waals surface area contributed by atoms with Gasteiger partial charge in [-0.1, -0.05) is 53.9 Å². The predicted molar refractivity (Wildman–Crippen MR) is 126 cm³/mol. The van der Waals surface area contributed by atoms with Crippen molar-refractivity contribution in [3.63, 3.8) is 0 Å². The minimum Gasteiger partial charge on any atom is -0.381 e. The first-order chi connectivity index (χ1) is 14.6. The van der Waals surface area contributed by atoms with Crippen molar-refractivity contribution in [2.75, 3.05) is 7.11 Å². The second-order valence-corrected chi connectivity index (χ2v) is 12.9. The Morgan fingerprint density at radius 3 is 2.45 bits per heavy atom. The van der Waals surface area contributed by atoms with Gasteiger partial charge in [-0.3, -0.25) is 4.79 Å². The zero-order chi connectivity index (χ0) is 22.6. The van der Waals surface area contributed by atoms with Crippen LogP contribution in [-0.4, -0.2) is 29.7 Å². The van der Waals surface area contributed by atoms with Crippen LogP contribution < -0.4 is 0 Å². The van der Waals surface area contributed by atoms with Crippen molar-refractivity contribution >= 4 is 5.78 Å². The molecule has 178 valence electrons. The Balaban J connectivity index is 1.53. The SMILES string of the molecule is CO[C@@H]1CC[C@]2(C)[C@@H]3CC[C@@]4(C)[C@H](CC[C@@H]4[C@@H](C)CCCC(C)C)[C@H]3CC(=O)[C@@]2(O)C1. The Hall–Kier alpha value is -0.410. The molecule has 0 heterocycles. The first-order valence-corrected chi connectivity index (χ1v) is 13.3. The van der Waals surface area contributed by atoms with E-state index in [4.69, 9.17) is 4.74 Å². The second-order valence-electron chi connectivity index (χ2n) is 12.9. The van der Waals surface area contributed by atoms with E-state index in [2.05, 4.69) is 34.6 Å². The summed E-state index contributed by atoms with van der Waals surface area (Å²) in [7, 11) is 1.72. The van der Waals surface area contributed by atoms with Crippen molar-refractivity contribution in [1.29, 1.82) is 0 Å². The van der Waals surface area contributed by atoms with E-state index in [-0.39, 0.29) is 17.3 Å². The highest BCUT2D eigenvalue weighted by Gasteiger charge is 2.67. The normalized spacial score (nSPS) is 48.3. The van der Waals surface area contributed by atoms with E-state index >= 15 is 0 Å². The van der Waals surface area contributed by atoms with E-state index in [1.807, 2.05) is 0 Å². The summed E-state index contributed by atoms with van der Waals surface area (Å²) >= 11 is 0. The first-order valence-electron chi connectivity index (χ1n) is 13.3. The van der Waals surface area contributed by atoms with E-state index in [0.29, 0.717) is 36.0 Å². The molecule has 31 heavy (non-hydrogen) atoms. The van der Waals surface area contributed by atoms with Crippen LogP contribution in [0.15, 0.2) is 0 Å². The number of Topliss-reactive ketones (excluding diaryl/α,β-unsaturated/α-hetero) is 1. The average molecular weight is 433 g/mol. The number of hydrogen-bond donors (Lipinski definition) is 1. The van der Waals surface area contributed by atoms with Crippen LogP contribution in [0.5, 0.6) is 0 Å². The Morgan fingerprint density at radius 1 is 1.03 bits per heavy atom. The van der Waals surface area contributed by atoms with Crippen molar-refractivity contribution in [1.82, 2.24) is 0 Å². The topological polar surface area (TPSA) is 46.5 Å². The molecule has 0 aromatic carbocycles. The van der Waals surface area contributed by atoms with Gasteiger partial charge in [-0.2, -0.15) is 0 Å². The lowest BCUT2D eigenvalue weighted by molar-refractivity contribution is -0.215. The fourth-order valence-corrected chi connectivity index (χ4v) is 9.23. The number of carbonyl (C=O) groups excluding carboxylic acids is 1. The van der Waals surface area contributed by atoms with Gasteiger partial charge < -0.3 is 9.84 Å². The first kappa shape index (κ1) is 23.7. The molecule has 0 aliphatic heterocycles. The van der Waals surface area contributed by atoms with Gasteiger partial charge in [0.05, 0.1) is 6.10 Å². The summed E-state index contributed by atoms with van der Waals surface area (Å²) in [6, 6.07) is 0. The zero-order valence-electron chi connectivity index (χ0n) is 21.1. The number of aliphatic hydroxyl groups is 1. The molecule has 3 nitrogen and oxygen atoms in total. The molecule has 0 radical (unpaired) electrons. The maximum atomic E-state index is 13.5. The van der Waals surface area contributed by atoms with Crippen LogP contribution in [0.1, 0.15) is 105 Å². The molecule has 0 unspecified atom stereocenters. The van der Waals surface area contributed by atoms with E-state index < -0.39 is 5.60 Å².